The lowest BCUT2D eigenvalue weighted by Crippen LogP contribution is -2.49. The first-order valence-electron chi connectivity index (χ1n) is 7.32. The molecule has 1 amide bonds. The number of carbonyl (C=O) groups is 1. The molecule has 110 valence electrons. The van der Waals surface area contributed by atoms with Crippen molar-refractivity contribution in [2.24, 2.45) is 0 Å². The summed E-state index contributed by atoms with van der Waals surface area (Å²) in [6.07, 6.45) is 6.00. The molecule has 0 spiro atoms. The predicted molar refractivity (Wildman–Crippen MR) is 74.2 cm³/mol. The summed E-state index contributed by atoms with van der Waals surface area (Å²) in [7, 11) is -3.29. The minimum atomic E-state index is -3.29. The molecule has 1 saturated carbocycles. The highest BCUT2D eigenvalue weighted by Crippen LogP contribution is 2.22. The molecule has 0 aromatic carbocycles. The third-order valence-corrected chi connectivity index (χ3v) is 6.08. The van der Waals surface area contributed by atoms with Gasteiger partial charge in [0.15, 0.2) is 0 Å². The van der Waals surface area contributed by atoms with Crippen molar-refractivity contribution in [3.63, 3.8) is 0 Å². The molecule has 1 aliphatic carbocycles. The van der Waals surface area contributed by atoms with E-state index in [4.69, 9.17) is 0 Å². The van der Waals surface area contributed by atoms with E-state index < -0.39 is 15.3 Å². The van der Waals surface area contributed by atoms with E-state index in [1.807, 2.05) is 6.92 Å². The quantitative estimate of drug-likeness (QED) is 0.846. The molecule has 2 rings (SSSR count). The fourth-order valence-electron chi connectivity index (χ4n) is 3.01. The van der Waals surface area contributed by atoms with Gasteiger partial charge in [0, 0.05) is 25.6 Å². The van der Waals surface area contributed by atoms with Crippen LogP contribution in [0.3, 0.4) is 0 Å². The van der Waals surface area contributed by atoms with Gasteiger partial charge in [0.1, 0.15) is 0 Å². The van der Waals surface area contributed by atoms with Crippen molar-refractivity contribution in [2.45, 2.75) is 63.2 Å². The van der Waals surface area contributed by atoms with E-state index in [1.54, 1.807) is 4.90 Å². The van der Waals surface area contributed by atoms with E-state index in [1.165, 1.54) is 0 Å². The molecule has 2 fully saturated rings. The maximum Gasteiger partial charge on any atom is 0.222 e. The number of nitrogens with one attached hydrogen (secondary N) is 1. The van der Waals surface area contributed by atoms with Gasteiger partial charge in [-0.1, -0.05) is 19.8 Å². The molecular formula is C13H24N2O3S. The van der Waals surface area contributed by atoms with Crippen LogP contribution in [-0.2, 0) is 14.8 Å². The van der Waals surface area contributed by atoms with Crippen LogP contribution in [-0.4, -0.2) is 43.6 Å². The van der Waals surface area contributed by atoms with Crippen LogP contribution in [0.15, 0.2) is 0 Å². The minimum Gasteiger partial charge on any atom is -0.341 e. The van der Waals surface area contributed by atoms with Crippen molar-refractivity contribution in [3.8, 4) is 0 Å². The molecule has 1 saturated heterocycles. The van der Waals surface area contributed by atoms with E-state index in [0.717, 1.165) is 32.1 Å². The average molecular weight is 288 g/mol. The van der Waals surface area contributed by atoms with Gasteiger partial charge < -0.3 is 4.90 Å². The second-order valence-corrected chi connectivity index (χ2v) is 7.59. The molecular weight excluding hydrogens is 264 g/mol. The fraction of sp³-hybridized carbons (Fsp3) is 0.923. The predicted octanol–water partition coefficient (Wildman–Crippen LogP) is 1.25. The zero-order chi connectivity index (χ0) is 13.9. The largest absolute Gasteiger partial charge is 0.341 e. The summed E-state index contributed by atoms with van der Waals surface area (Å²) in [4.78, 5) is 13.4. The molecule has 0 aromatic rings. The standard InChI is InChI=1S/C13H24N2O3S/c1-2-13(16)15-9-5-8-12(10-15)19(17,18)14-11-6-3-4-7-11/h11-12,14H,2-10H2,1H3/t12-/m1/s1. The third kappa shape index (κ3) is 3.69. The van der Waals surface area contributed by atoms with E-state index in [0.29, 0.717) is 25.9 Å². The number of piperidine rings is 1. The summed E-state index contributed by atoms with van der Waals surface area (Å²) >= 11 is 0. The smallest absolute Gasteiger partial charge is 0.222 e. The lowest BCUT2D eigenvalue weighted by atomic mass is 10.1. The molecule has 2 aliphatic rings. The highest BCUT2D eigenvalue weighted by Gasteiger charge is 2.34. The summed E-state index contributed by atoms with van der Waals surface area (Å²) in [5.74, 6) is 0.0563. The molecule has 1 aliphatic heterocycles. The van der Waals surface area contributed by atoms with Crippen LogP contribution in [0.25, 0.3) is 0 Å². The molecule has 1 atom stereocenters. The molecule has 5 nitrogen and oxygen atoms in total. The molecule has 0 radical (unpaired) electrons. The number of nitrogens with zero attached hydrogens (tertiary/aromatic N) is 1. The van der Waals surface area contributed by atoms with E-state index >= 15 is 0 Å². The molecule has 0 bridgehead atoms. The molecule has 19 heavy (non-hydrogen) atoms. The summed E-state index contributed by atoms with van der Waals surface area (Å²) < 4.78 is 27.5. The van der Waals surface area contributed by atoms with Gasteiger partial charge in [-0.05, 0) is 25.7 Å². The Balaban J connectivity index is 1.97. The molecule has 0 aromatic heterocycles. The van der Waals surface area contributed by atoms with Crippen molar-refractivity contribution in [1.82, 2.24) is 9.62 Å². The summed E-state index contributed by atoms with van der Waals surface area (Å²) in [6, 6.07) is 0.113. The van der Waals surface area contributed by atoms with Gasteiger partial charge in [0.05, 0.1) is 5.25 Å². The Morgan fingerprint density at radius 1 is 1.21 bits per heavy atom. The Bertz CT molecular complexity index is 416. The molecule has 0 unspecified atom stereocenters. The van der Waals surface area contributed by atoms with Gasteiger partial charge in [-0.15, -0.1) is 0 Å². The SMILES string of the molecule is CCC(=O)N1CCC[C@@H](S(=O)(=O)NC2CCCC2)C1. The number of amides is 1. The third-order valence-electron chi connectivity index (χ3n) is 4.16. The van der Waals surface area contributed by atoms with E-state index in [2.05, 4.69) is 4.72 Å². The first-order valence-corrected chi connectivity index (χ1v) is 8.86. The Morgan fingerprint density at radius 2 is 1.89 bits per heavy atom. The lowest BCUT2D eigenvalue weighted by molar-refractivity contribution is -0.131. The van der Waals surface area contributed by atoms with Crippen molar-refractivity contribution in [1.29, 1.82) is 0 Å². The number of likely N-dealkylation sites (tertiary alicyclic amines) is 1. The lowest BCUT2D eigenvalue weighted by Gasteiger charge is -2.33. The summed E-state index contributed by atoms with van der Waals surface area (Å²) in [5, 5.41) is -0.433. The number of sulfonamides is 1. The van der Waals surface area contributed by atoms with E-state index in [-0.39, 0.29) is 11.9 Å². The van der Waals surface area contributed by atoms with Gasteiger partial charge in [0.2, 0.25) is 15.9 Å². The Hall–Kier alpha value is -0.620. The van der Waals surface area contributed by atoms with Gasteiger partial charge in [-0.2, -0.15) is 0 Å². The summed E-state index contributed by atoms with van der Waals surface area (Å²) in [6.45, 7) is 2.87. The van der Waals surface area contributed by atoms with Gasteiger partial charge >= 0.3 is 0 Å². The van der Waals surface area contributed by atoms with Crippen LogP contribution in [0.5, 0.6) is 0 Å². The van der Waals surface area contributed by atoms with Crippen LogP contribution < -0.4 is 4.72 Å². The van der Waals surface area contributed by atoms with Crippen LogP contribution in [0.2, 0.25) is 0 Å². The fourth-order valence-corrected chi connectivity index (χ4v) is 4.76. The Kier molecular flexibility index (Phi) is 4.84. The topological polar surface area (TPSA) is 66.5 Å². The number of carbonyl (C=O) groups excluding carboxylic acids is 1. The van der Waals surface area contributed by atoms with Crippen LogP contribution >= 0.6 is 0 Å². The molecule has 1 heterocycles. The zero-order valence-corrected chi connectivity index (χ0v) is 12.4. The second-order valence-electron chi connectivity index (χ2n) is 5.60. The van der Waals surface area contributed by atoms with Crippen LogP contribution in [0, 0.1) is 0 Å². The maximum atomic E-state index is 12.3. The Morgan fingerprint density at radius 3 is 2.53 bits per heavy atom. The summed E-state index contributed by atoms with van der Waals surface area (Å²) in [5.41, 5.74) is 0. The Labute approximate surface area is 115 Å². The maximum absolute atomic E-state index is 12.3. The normalized spacial score (nSPS) is 25.7. The van der Waals surface area contributed by atoms with Crippen molar-refractivity contribution >= 4 is 15.9 Å². The first kappa shape index (κ1) is 14.8. The molecule has 6 heteroatoms. The second kappa shape index (κ2) is 6.22. The minimum absolute atomic E-state index is 0.0563. The average Bonchev–Trinajstić information content (AvgIpc) is 2.90. The van der Waals surface area contributed by atoms with Crippen molar-refractivity contribution < 1.29 is 13.2 Å². The van der Waals surface area contributed by atoms with Gasteiger partial charge in [-0.3, -0.25) is 4.79 Å². The van der Waals surface area contributed by atoms with Crippen LogP contribution in [0.4, 0.5) is 0 Å². The molecule has 1 N–H and O–H groups in total. The monoisotopic (exact) mass is 288 g/mol. The number of hydrogen-bond acceptors (Lipinski definition) is 3. The van der Waals surface area contributed by atoms with Crippen molar-refractivity contribution in [3.05, 3.63) is 0 Å². The van der Waals surface area contributed by atoms with Crippen LogP contribution in [0.1, 0.15) is 51.9 Å². The van der Waals surface area contributed by atoms with Gasteiger partial charge in [-0.25, -0.2) is 13.1 Å². The highest BCUT2D eigenvalue weighted by molar-refractivity contribution is 7.90. The number of rotatable bonds is 4. The van der Waals surface area contributed by atoms with Gasteiger partial charge in [0.25, 0.3) is 0 Å². The zero-order valence-electron chi connectivity index (χ0n) is 11.6. The first-order chi connectivity index (χ1) is 9.03. The number of hydrogen-bond donors (Lipinski definition) is 1. The van der Waals surface area contributed by atoms with Crippen molar-refractivity contribution in [2.75, 3.05) is 13.1 Å². The van der Waals surface area contributed by atoms with E-state index in [9.17, 15) is 13.2 Å². The highest BCUT2D eigenvalue weighted by atomic mass is 32.2.